The SMILES string of the molecule is COC(=O)C1=C(C)NC(C)=C(C(=O)CS(=O)(=O)NC(C)C)C1c1cccc(C(F)(F)F)c1. The summed E-state index contributed by atoms with van der Waals surface area (Å²) in [6, 6.07) is 3.77. The highest BCUT2D eigenvalue weighted by atomic mass is 32.2. The summed E-state index contributed by atoms with van der Waals surface area (Å²) in [6.07, 6.45) is -4.65. The maximum Gasteiger partial charge on any atom is 0.416 e. The van der Waals surface area contributed by atoms with E-state index in [2.05, 4.69) is 10.0 Å². The molecule has 7 nitrogen and oxygen atoms in total. The second-order valence-electron chi connectivity index (χ2n) is 7.70. The minimum atomic E-state index is -4.65. The molecule has 0 aliphatic carbocycles. The van der Waals surface area contributed by atoms with E-state index in [1.165, 1.54) is 26.0 Å². The molecular formula is C21H25F3N2O5S. The van der Waals surface area contributed by atoms with Crippen LogP contribution in [-0.2, 0) is 30.5 Å². The van der Waals surface area contributed by atoms with Crippen LogP contribution < -0.4 is 10.0 Å². The van der Waals surface area contributed by atoms with Crippen LogP contribution in [0.3, 0.4) is 0 Å². The number of esters is 1. The fourth-order valence-electron chi connectivity index (χ4n) is 3.62. The maximum absolute atomic E-state index is 13.3. The first kappa shape index (κ1) is 25.6. The van der Waals surface area contributed by atoms with Gasteiger partial charge in [-0.2, -0.15) is 13.2 Å². The average Bonchev–Trinajstić information content (AvgIpc) is 2.64. The number of methoxy groups -OCH3 is 1. The lowest BCUT2D eigenvalue weighted by atomic mass is 9.78. The molecule has 0 aromatic heterocycles. The number of sulfonamides is 1. The highest BCUT2D eigenvalue weighted by molar-refractivity contribution is 7.90. The number of dihydropyridines is 1. The number of carbonyl (C=O) groups is 2. The van der Waals surface area contributed by atoms with E-state index in [0.717, 1.165) is 19.2 Å². The summed E-state index contributed by atoms with van der Waals surface area (Å²) in [4.78, 5) is 25.7. The van der Waals surface area contributed by atoms with E-state index in [0.29, 0.717) is 0 Å². The van der Waals surface area contributed by atoms with Crippen LogP contribution in [0.4, 0.5) is 13.2 Å². The Morgan fingerprint density at radius 1 is 1.16 bits per heavy atom. The van der Waals surface area contributed by atoms with Crippen molar-refractivity contribution in [2.75, 3.05) is 12.9 Å². The first-order valence-electron chi connectivity index (χ1n) is 9.65. The van der Waals surface area contributed by atoms with Gasteiger partial charge in [0, 0.05) is 28.9 Å². The topological polar surface area (TPSA) is 102 Å². The van der Waals surface area contributed by atoms with Gasteiger partial charge < -0.3 is 10.1 Å². The molecule has 0 bridgehead atoms. The number of hydrogen-bond donors (Lipinski definition) is 2. The summed E-state index contributed by atoms with van der Waals surface area (Å²) in [7, 11) is -2.91. The Kier molecular flexibility index (Phi) is 7.56. The zero-order chi connectivity index (χ0) is 24.4. The van der Waals surface area contributed by atoms with Gasteiger partial charge in [0.25, 0.3) is 0 Å². The predicted molar refractivity (Wildman–Crippen MR) is 112 cm³/mol. The monoisotopic (exact) mass is 474 g/mol. The van der Waals surface area contributed by atoms with Gasteiger partial charge in [0.05, 0.1) is 18.2 Å². The number of Topliss-reactive ketones (excluding diaryl/α,β-unsaturated/α-hetero) is 1. The Morgan fingerprint density at radius 3 is 2.28 bits per heavy atom. The zero-order valence-electron chi connectivity index (χ0n) is 18.3. The van der Waals surface area contributed by atoms with E-state index in [4.69, 9.17) is 4.74 Å². The van der Waals surface area contributed by atoms with Crippen LogP contribution in [0.15, 0.2) is 46.8 Å². The molecule has 2 N–H and O–H groups in total. The Bertz CT molecular complexity index is 1090. The summed E-state index contributed by atoms with van der Waals surface area (Å²) in [5, 5.41) is 2.85. The van der Waals surface area contributed by atoms with Gasteiger partial charge >= 0.3 is 12.1 Å². The third-order valence-corrected chi connectivity index (χ3v) is 6.22. The van der Waals surface area contributed by atoms with E-state index >= 15 is 0 Å². The number of nitrogens with one attached hydrogen (secondary N) is 2. The zero-order valence-corrected chi connectivity index (χ0v) is 19.1. The molecule has 1 aliphatic rings. The summed E-state index contributed by atoms with van der Waals surface area (Å²) in [5.41, 5.74) is -0.620. The highest BCUT2D eigenvalue weighted by Gasteiger charge is 2.39. The Labute approximate surface area is 184 Å². The molecule has 0 fully saturated rings. The minimum absolute atomic E-state index is 0.0120. The summed E-state index contributed by atoms with van der Waals surface area (Å²) in [5.74, 6) is -3.87. The van der Waals surface area contributed by atoms with Crippen molar-refractivity contribution >= 4 is 21.8 Å². The second kappa shape index (κ2) is 9.45. The van der Waals surface area contributed by atoms with E-state index < -0.39 is 51.2 Å². The molecule has 1 atom stereocenters. The van der Waals surface area contributed by atoms with Gasteiger partial charge in [-0.25, -0.2) is 17.9 Å². The van der Waals surface area contributed by atoms with Crippen molar-refractivity contribution in [2.45, 2.75) is 45.8 Å². The van der Waals surface area contributed by atoms with E-state index in [1.807, 2.05) is 0 Å². The summed E-state index contributed by atoms with van der Waals surface area (Å²) in [6.45, 7) is 6.19. The number of allylic oxidation sites excluding steroid dienone is 3. The third-order valence-electron chi connectivity index (χ3n) is 4.75. The Hall–Kier alpha value is -2.66. The van der Waals surface area contributed by atoms with Crippen LogP contribution in [0, 0.1) is 0 Å². The van der Waals surface area contributed by atoms with Crippen LogP contribution in [0.1, 0.15) is 44.7 Å². The van der Waals surface area contributed by atoms with Crippen molar-refractivity contribution < 1.29 is 35.9 Å². The van der Waals surface area contributed by atoms with Crippen molar-refractivity contribution in [3.8, 4) is 0 Å². The molecule has 1 aromatic rings. The van der Waals surface area contributed by atoms with E-state index in [-0.39, 0.29) is 28.1 Å². The van der Waals surface area contributed by atoms with Crippen molar-refractivity contribution in [3.05, 3.63) is 57.9 Å². The molecule has 1 aliphatic heterocycles. The van der Waals surface area contributed by atoms with Crippen molar-refractivity contribution in [3.63, 3.8) is 0 Å². The quantitative estimate of drug-likeness (QED) is 0.589. The molecule has 2 rings (SSSR count). The van der Waals surface area contributed by atoms with Gasteiger partial charge in [0.1, 0.15) is 5.75 Å². The van der Waals surface area contributed by atoms with Crippen molar-refractivity contribution in [1.82, 2.24) is 10.0 Å². The molecule has 32 heavy (non-hydrogen) atoms. The molecule has 11 heteroatoms. The fourth-order valence-corrected chi connectivity index (χ4v) is 4.93. The normalized spacial score (nSPS) is 17.5. The van der Waals surface area contributed by atoms with Gasteiger partial charge in [0.2, 0.25) is 10.0 Å². The fraction of sp³-hybridized carbons (Fsp3) is 0.429. The first-order chi connectivity index (χ1) is 14.7. The van der Waals surface area contributed by atoms with Crippen LogP contribution in [0.25, 0.3) is 0 Å². The number of rotatable bonds is 7. The minimum Gasteiger partial charge on any atom is -0.466 e. The largest absolute Gasteiger partial charge is 0.466 e. The number of ketones is 1. The first-order valence-corrected chi connectivity index (χ1v) is 11.3. The standard InChI is InChI=1S/C21H25F3N2O5S/c1-11(2)26-32(29,30)10-16(27)17-12(3)25-13(4)18(20(28)31-5)19(17)14-7-6-8-15(9-14)21(22,23)24/h6-9,11,19,25-26H,10H2,1-5H3. The summed E-state index contributed by atoms with van der Waals surface area (Å²) >= 11 is 0. The Morgan fingerprint density at radius 2 is 1.75 bits per heavy atom. The predicted octanol–water partition coefficient (Wildman–Crippen LogP) is 3.01. The van der Waals surface area contributed by atoms with Gasteiger partial charge in [-0.3, -0.25) is 4.79 Å². The number of benzene rings is 1. The second-order valence-corrected chi connectivity index (χ2v) is 9.46. The maximum atomic E-state index is 13.3. The van der Waals surface area contributed by atoms with Crippen molar-refractivity contribution in [1.29, 1.82) is 0 Å². The number of alkyl halides is 3. The van der Waals surface area contributed by atoms with E-state index in [9.17, 15) is 31.2 Å². The number of hydrogen-bond acceptors (Lipinski definition) is 6. The molecule has 176 valence electrons. The molecule has 1 unspecified atom stereocenters. The smallest absolute Gasteiger partial charge is 0.416 e. The van der Waals surface area contributed by atoms with Gasteiger partial charge in [-0.1, -0.05) is 18.2 Å². The molecular weight excluding hydrogens is 449 g/mol. The highest BCUT2D eigenvalue weighted by Crippen LogP contribution is 2.41. The van der Waals surface area contributed by atoms with Crippen LogP contribution in [0.2, 0.25) is 0 Å². The average molecular weight is 475 g/mol. The molecule has 1 heterocycles. The van der Waals surface area contributed by atoms with Crippen molar-refractivity contribution in [2.24, 2.45) is 0 Å². The molecule has 0 saturated carbocycles. The molecule has 1 aromatic carbocycles. The molecule has 0 amide bonds. The van der Waals surface area contributed by atoms with Gasteiger partial charge in [0.15, 0.2) is 5.78 Å². The molecule has 0 radical (unpaired) electrons. The third kappa shape index (κ3) is 5.77. The van der Waals surface area contributed by atoms with Crippen LogP contribution >= 0.6 is 0 Å². The lowest BCUT2D eigenvalue weighted by Gasteiger charge is -2.31. The molecule has 0 saturated heterocycles. The van der Waals surface area contributed by atoms with E-state index in [1.54, 1.807) is 13.8 Å². The lowest BCUT2D eigenvalue weighted by molar-refractivity contribution is -0.137. The Balaban J connectivity index is 2.67. The lowest BCUT2D eigenvalue weighted by Crippen LogP contribution is -2.38. The number of ether oxygens (including phenoxy) is 1. The summed E-state index contributed by atoms with van der Waals surface area (Å²) < 4.78 is 71.8. The van der Waals surface area contributed by atoms with Gasteiger partial charge in [-0.15, -0.1) is 0 Å². The number of halogens is 3. The molecule has 0 spiro atoms. The van der Waals surface area contributed by atoms with Gasteiger partial charge in [-0.05, 0) is 39.3 Å². The number of carbonyl (C=O) groups excluding carboxylic acids is 2. The van der Waals surface area contributed by atoms with Crippen LogP contribution in [0.5, 0.6) is 0 Å². The van der Waals surface area contributed by atoms with Crippen LogP contribution in [-0.4, -0.2) is 39.1 Å².